The first-order valence-electron chi connectivity index (χ1n) is 8.16. The molecule has 0 aromatic heterocycles. The van der Waals surface area contributed by atoms with Crippen LogP contribution in [0, 0.1) is 12.8 Å². The molecule has 1 aromatic rings. The smallest absolute Gasteiger partial charge is 0.0623 e. The number of aryl methyl sites for hydroxylation is 1. The molecule has 0 saturated heterocycles. The minimum absolute atomic E-state index is 0.0415. The zero-order chi connectivity index (χ0) is 15.9. The van der Waals surface area contributed by atoms with Gasteiger partial charge in [-0.1, -0.05) is 43.7 Å². The van der Waals surface area contributed by atoms with Gasteiger partial charge >= 0.3 is 0 Å². The molecule has 21 heavy (non-hydrogen) atoms. The van der Waals surface area contributed by atoms with E-state index in [0.29, 0.717) is 11.8 Å². The number of ether oxygens (including phenoxy) is 1. The molecule has 0 radical (unpaired) electrons. The predicted molar refractivity (Wildman–Crippen MR) is 91.9 cm³/mol. The Balaban J connectivity index is 2.70. The summed E-state index contributed by atoms with van der Waals surface area (Å²) in [5.41, 5.74) is 2.74. The van der Waals surface area contributed by atoms with Gasteiger partial charge in [0.05, 0.1) is 5.60 Å². The molecule has 2 nitrogen and oxygen atoms in total. The molecule has 2 heteroatoms. The average Bonchev–Trinajstić information content (AvgIpc) is 2.42. The Hall–Kier alpha value is -0.860. The van der Waals surface area contributed by atoms with Crippen molar-refractivity contribution in [1.29, 1.82) is 0 Å². The quantitative estimate of drug-likeness (QED) is 0.722. The van der Waals surface area contributed by atoms with Crippen molar-refractivity contribution in [1.82, 2.24) is 5.32 Å². The van der Waals surface area contributed by atoms with Gasteiger partial charge in [-0.05, 0) is 57.6 Å². The maximum absolute atomic E-state index is 5.57. The topological polar surface area (TPSA) is 21.3 Å². The Bertz CT molecular complexity index is 412. The molecule has 1 rings (SSSR count). The molecule has 120 valence electrons. The third-order valence-corrected chi connectivity index (χ3v) is 4.10. The monoisotopic (exact) mass is 291 g/mol. The fourth-order valence-electron chi connectivity index (χ4n) is 2.48. The minimum Gasteiger partial charge on any atom is -0.379 e. The van der Waals surface area contributed by atoms with Gasteiger partial charge < -0.3 is 10.1 Å². The summed E-state index contributed by atoms with van der Waals surface area (Å²) in [4.78, 5) is 0. The van der Waals surface area contributed by atoms with Crippen molar-refractivity contribution in [2.45, 2.75) is 59.0 Å². The minimum atomic E-state index is -0.0415. The van der Waals surface area contributed by atoms with E-state index in [4.69, 9.17) is 4.74 Å². The Kier molecular flexibility index (Phi) is 7.41. The van der Waals surface area contributed by atoms with Gasteiger partial charge in [0.25, 0.3) is 0 Å². The zero-order valence-electron chi connectivity index (χ0n) is 14.7. The molecule has 1 aromatic carbocycles. The van der Waals surface area contributed by atoms with E-state index in [-0.39, 0.29) is 5.60 Å². The molecular formula is C19H33NO. The van der Waals surface area contributed by atoms with Crippen LogP contribution in [0.15, 0.2) is 24.3 Å². The van der Waals surface area contributed by atoms with Gasteiger partial charge in [-0.25, -0.2) is 0 Å². The van der Waals surface area contributed by atoms with E-state index in [1.165, 1.54) is 11.1 Å². The van der Waals surface area contributed by atoms with Crippen LogP contribution in [0.4, 0.5) is 0 Å². The first-order chi connectivity index (χ1) is 9.84. The molecular weight excluding hydrogens is 258 g/mol. The van der Waals surface area contributed by atoms with Crippen LogP contribution in [0.5, 0.6) is 0 Å². The second-order valence-corrected chi connectivity index (χ2v) is 7.17. The Morgan fingerprint density at radius 2 is 1.90 bits per heavy atom. The maximum atomic E-state index is 5.57. The van der Waals surface area contributed by atoms with Gasteiger partial charge in [-0.3, -0.25) is 0 Å². The lowest BCUT2D eigenvalue weighted by Gasteiger charge is -2.26. The summed E-state index contributed by atoms with van der Waals surface area (Å²) >= 11 is 0. The van der Waals surface area contributed by atoms with E-state index in [1.54, 1.807) is 7.11 Å². The van der Waals surface area contributed by atoms with Gasteiger partial charge in [-0.15, -0.1) is 0 Å². The fourth-order valence-corrected chi connectivity index (χ4v) is 2.48. The van der Waals surface area contributed by atoms with Gasteiger partial charge in [-0.2, -0.15) is 0 Å². The molecule has 0 spiro atoms. The highest BCUT2D eigenvalue weighted by molar-refractivity contribution is 5.25. The summed E-state index contributed by atoms with van der Waals surface area (Å²) in [6, 6.07) is 8.92. The van der Waals surface area contributed by atoms with Crippen molar-refractivity contribution in [3.05, 3.63) is 35.4 Å². The first kappa shape index (κ1) is 18.2. The highest BCUT2D eigenvalue weighted by Crippen LogP contribution is 2.26. The summed E-state index contributed by atoms with van der Waals surface area (Å²) in [5.74, 6) is 1.25. The summed E-state index contributed by atoms with van der Waals surface area (Å²) in [5, 5.41) is 3.62. The Labute approximate surface area is 131 Å². The molecule has 0 bridgehead atoms. The van der Waals surface area contributed by atoms with E-state index in [1.807, 2.05) is 0 Å². The molecule has 1 atom stereocenters. The van der Waals surface area contributed by atoms with E-state index in [0.717, 1.165) is 25.9 Å². The zero-order valence-corrected chi connectivity index (χ0v) is 14.7. The van der Waals surface area contributed by atoms with Crippen molar-refractivity contribution in [2.24, 2.45) is 5.92 Å². The molecule has 1 N–H and O–H groups in total. The summed E-state index contributed by atoms with van der Waals surface area (Å²) in [7, 11) is 1.80. The first-order valence-corrected chi connectivity index (χ1v) is 8.16. The summed E-state index contributed by atoms with van der Waals surface area (Å²) in [6.07, 6.45) is 2.22. The SMILES string of the molecule is COC(C)(C)CCC(CNCC(C)C)c1cccc(C)c1. The van der Waals surface area contributed by atoms with Crippen LogP contribution in [-0.2, 0) is 4.74 Å². The lowest BCUT2D eigenvalue weighted by atomic mass is 9.89. The van der Waals surface area contributed by atoms with Crippen LogP contribution < -0.4 is 5.32 Å². The number of nitrogens with one attached hydrogen (secondary N) is 1. The molecule has 0 amide bonds. The van der Waals surface area contributed by atoms with Crippen molar-refractivity contribution in [2.75, 3.05) is 20.2 Å². The third-order valence-electron chi connectivity index (χ3n) is 4.10. The lowest BCUT2D eigenvalue weighted by Crippen LogP contribution is -2.28. The standard InChI is InChI=1S/C19H33NO/c1-15(2)13-20-14-18(10-11-19(4,5)21-6)17-9-7-8-16(3)12-17/h7-9,12,15,18,20H,10-11,13-14H2,1-6H3. The molecule has 0 aliphatic rings. The molecule has 0 heterocycles. The Morgan fingerprint density at radius 1 is 1.19 bits per heavy atom. The largest absolute Gasteiger partial charge is 0.379 e. The van der Waals surface area contributed by atoms with Crippen LogP contribution in [0.25, 0.3) is 0 Å². The third kappa shape index (κ3) is 7.10. The molecule has 1 unspecified atom stereocenters. The number of rotatable bonds is 9. The average molecular weight is 291 g/mol. The predicted octanol–water partition coefficient (Wildman–Crippen LogP) is 4.53. The Morgan fingerprint density at radius 3 is 2.48 bits per heavy atom. The molecule has 0 saturated carbocycles. The second-order valence-electron chi connectivity index (χ2n) is 7.17. The number of hydrogen-bond donors (Lipinski definition) is 1. The highest BCUT2D eigenvalue weighted by atomic mass is 16.5. The van der Waals surface area contributed by atoms with Crippen LogP contribution in [-0.4, -0.2) is 25.8 Å². The van der Waals surface area contributed by atoms with Crippen LogP contribution in [0.3, 0.4) is 0 Å². The van der Waals surface area contributed by atoms with Crippen molar-refractivity contribution < 1.29 is 4.74 Å². The van der Waals surface area contributed by atoms with Gasteiger partial charge in [0, 0.05) is 13.7 Å². The van der Waals surface area contributed by atoms with Gasteiger partial charge in [0.2, 0.25) is 0 Å². The highest BCUT2D eigenvalue weighted by Gasteiger charge is 2.20. The van der Waals surface area contributed by atoms with Crippen molar-refractivity contribution in [3.63, 3.8) is 0 Å². The van der Waals surface area contributed by atoms with Crippen molar-refractivity contribution in [3.8, 4) is 0 Å². The number of methoxy groups -OCH3 is 1. The van der Waals surface area contributed by atoms with Crippen molar-refractivity contribution >= 4 is 0 Å². The molecule has 0 fully saturated rings. The van der Waals surface area contributed by atoms with Crippen LogP contribution >= 0.6 is 0 Å². The van der Waals surface area contributed by atoms with Gasteiger partial charge in [0.15, 0.2) is 0 Å². The van der Waals surface area contributed by atoms with Gasteiger partial charge in [0.1, 0.15) is 0 Å². The maximum Gasteiger partial charge on any atom is 0.0623 e. The number of hydrogen-bond acceptors (Lipinski definition) is 2. The van der Waals surface area contributed by atoms with Crippen LogP contribution in [0.1, 0.15) is 57.6 Å². The number of benzene rings is 1. The fraction of sp³-hybridized carbons (Fsp3) is 0.684. The van der Waals surface area contributed by atoms with E-state index in [2.05, 4.69) is 64.2 Å². The lowest BCUT2D eigenvalue weighted by molar-refractivity contribution is 0.0124. The van der Waals surface area contributed by atoms with Crippen LogP contribution in [0.2, 0.25) is 0 Å². The molecule has 0 aliphatic heterocycles. The van der Waals surface area contributed by atoms with E-state index >= 15 is 0 Å². The second kappa shape index (κ2) is 8.55. The summed E-state index contributed by atoms with van der Waals surface area (Å²) in [6.45, 7) is 13.1. The normalized spacial score (nSPS) is 13.7. The molecule has 0 aliphatic carbocycles. The van der Waals surface area contributed by atoms with E-state index in [9.17, 15) is 0 Å². The van der Waals surface area contributed by atoms with E-state index < -0.39 is 0 Å². The summed E-state index contributed by atoms with van der Waals surface area (Å²) < 4.78 is 5.57.